The van der Waals surface area contributed by atoms with Gasteiger partial charge in [0.1, 0.15) is 11.6 Å². The van der Waals surface area contributed by atoms with E-state index in [0.717, 1.165) is 21.9 Å². The molecule has 0 atom stereocenters. The van der Waals surface area contributed by atoms with E-state index in [4.69, 9.17) is 0 Å². The predicted octanol–water partition coefficient (Wildman–Crippen LogP) is 3.57. The molecule has 17 heavy (non-hydrogen) atoms. The normalized spacial score (nSPS) is 10.2. The van der Waals surface area contributed by atoms with Gasteiger partial charge in [0.15, 0.2) is 0 Å². The van der Waals surface area contributed by atoms with Gasteiger partial charge in [-0.15, -0.1) is 11.8 Å². The van der Waals surface area contributed by atoms with Crippen LogP contribution in [0.1, 0.15) is 5.82 Å². The van der Waals surface area contributed by atoms with Gasteiger partial charge in [-0.3, -0.25) is 0 Å². The van der Waals surface area contributed by atoms with Crippen molar-refractivity contribution >= 4 is 33.5 Å². The second kappa shape index (κ2) is 6.02. The van der Waals surface area contributed by atoms with Crippen LogP contribution in [0.15, 0.2) is 45.9 Å². The first-order valence-electron chi connectivity index (χ1n) is 5.16. The number of halogens is 1. The molecule has 1 aromatic heterocycles. The van der Waals surface area contributed by atoms with Crippen LogP contribution in [0.2, 0.25) is 0 Å². The number of aromatic nitrogens is 2. The van der Waals surface area contributed by atoms with Crippen LogP contribution in [0.25, 0.3) is 0 Å². The van der Waals surface area contributed by atoms with Crippen molar-refractivity contribution in [3.05, 3.63) is 46.8 Å². The fourth-order valence-electron chi connectivity index (χ4n) is 1.31. The summed E-state index contributed by atoms with van der Waals surface area (Å²) in [6.07, 6.45) is 1.77. The Kier molecular flexibility index (Phi) is 4.39. The maximum Gasteiger partial charge on any atom is 0.140 e. The molecule has 3 nitrogen and oxygen atoms in total. The van der Waals surface area contributed by atoms with Crippen molar-refractivity contribution in [2.75, 3.05) is 12.4 Å². The second-order valence-corrected chi connectivity index (χ2v) is 5.32. The summed E-state index contributed by atoms with van der Waals surface area (Å²) in [6, 6.07) is 10.1. The van der Waals surface area contributed by atoms with E-state index in [1.165, 1.54) is 4.90 Å². The van der Waals surface area contributed by atoms with Gasteiger partial charge in [0.25, 0.3) is 0 Å². The second-order valence-electron chi connectivity index (χ2n) is 3.35. The van der Waals surface area contributed by atoms with E-state index in [1.54, 1.807) is 18.0 Å². The number of anilines is 1. The standard InChI is InChI=1S/C12H12BrN3S/c1-14-11-5-6-15-12(16-11)8-17-10-4-2-3-9(13)7-10/h2-7H,8H2,1H3,(H,14,15,16). The third-order valence-electron chi connectivity index (χ3n) is 2.13. The van der Waals surface area contributed by atoms with Crippen LogP contribution in [0.3, 0.4) is 0 Å². The van der Waals surface area contributed by atoms with Crippen LogP contribution in [-0.4, -0.2) is 17.0 Å². The third kappa shape index (κ3) is 3.71. The van der Waals surface area contributed by atoms with Crippen LogP contribution in [0, 0.1) is 0 Å². The lowest BCUT2D eigenvalue weighted by Crippen LogP contribution is -1.97. The van der Waals surface area contributed by atoms with Gasteiger partial charge in [-0.1, -0.05) is 22.0 Å². The number of hydrogen-bond donors (Lipinski definition) is 1. The van der Waals surface area contributed by atoms with E-state index in [2.05, 4.69) is 43.3 Å². The van der Waals surface area contributed by atoms with Gasteiger partial charge in [0.2, 0.25) is 0 Å². The Morgan fingerprint density at radius 1 is 1.35 bits per heavy atom. The summed E-state index contributed by atoms with van der Waals surface area (Å²) in [6.45, 7) is 0. The molecular weight excluding hydrogens is 298 g/mol. The summed E-state index contributed by atoms with van der Waals surface area (Å²) in [4.78, 5) is 9.82. The van der Waals surface area contributed by atoms with Gasteiger partial charge >= 0.3 is 0 Å². The Labute approximate surface area is 113 Å². The molecule has 88 valence electrons. The molecule has 5 heteroatoms. The van der Waals surface area contributed by atoms with E-state index in [-0.39, 0.29) is 0 Å². The minimum Gasteiger partial charge on any atom is -0.373 e. The molecule has 0 saturated carbocycles. The SMILES string of the molecule is CNc1ccnc(CSc2cccc(Br)c2)n1. The van der Waals surface area contributed by atoms with Crippen molar-refractivity contribution in [3.8, 4) is 0 Å². The van der Waals surface area contributed by atoms with Crippen molar-refractivity contribution < 1.29 is 0 Å². The number of nitrogens with one attached hydrogen (secondary N) is 1. The summed E-state index contributed by atoms with van der Waals surface area (Å²) >= 11 is 5.18. The minimum absolute atomic E-state index is 0.770. The highest BCUT2D eigenvalue weighted by molar-refractivity contribution is 9.10. The molecule has 1 heterocycles. The Morgan fingerprint density at radius 2 is 2.24 bits per heavy atom. The summed E-state index contributed by atoms with van der Waals surface area (Å²) in [5.41, 5.74) is 0. The summed E-state index contributed by atoms with van der Waals surface area (Å²) in [5.74, 6) is 2.46. The van der Waals surface area contributed by atoms with Gasteiger partial charge < -0.3 is 5.32 Å². The Bertz CT molecular complexity index is 505. The monoisotopic (exact) mass is 309 g/mol. The first kappa shape index (κ1) is 12.4. The molecule has 0 fully saturated rings. The van der Waals surface area contributed by atoms with Crippen LogP contribution < -0.4 is 5.32 Å². The van der Waals surface area contributed by atoms with E-state index in [9.17, 15) is 0 Å². The molecule has 0 unspecified atom stereocenters. The topological polar surface area (TPSA) is 37.8 Å². The van der Waals surface area contributed by atoms with E-state index >= 15 is 0 Å². The van der Waals surface area contributed by atoms with Crippen LogP contribution >= 0.6 is 27.7 Å². The molecule has 2 rings (SSSR count). The number of hydrogen-bond acceptors (Lipinski definition) is 4. The van der Waals surface area contributed by atoms with Crippen molar-refractivity contribution in [3.63, 3.8) is 0 Å². The molecule has 0 aliphatic carbocycles. The first-order chi connectivity index (χ1) is 8.28. The van der Waals surface area contributed by atoms with Gasteiger partial charge in [0.05, 0.1) is 5.75 Å². The zero-order chi connectivity index (χ0) is 12.1. The summed E-state index contributed by atoms with van der Waals surface area (Å²) in [7, 11) is 1.85. The lowest BCUT2D eigenvalue weighted by Gasteiger charge is -2.03. The average molecular weight is 310 g/mol. The summed E-state index contributed by atoms with van der Waals surface area (Å²) < 4.78 is 1.09. The fraction of sp³-hybridized carbons (Fsp3) is 0.167. The zero-order valence-corrected chi connectivity index (χ0v) is 11.8. The predicted molar refractivity (Wildman–Crippen MR) is 75.3 cm³/mol. The number of nitrogens with zero attached hydrogens (tertiary/aromatic N) is 2. The quantitative estimate of drug-likeness (QED) is 0.876. The maximum absolute atomic E-state index is 4.37. The lowest BCUT2D eigenvalue weighted by molar-refractivity contribution is 1.03. The van der Waals surface area contributed by atoms with Crippen LogP contribution in [-0.2, 0) is 5.75 Å². The van der Waals surface area contributed by atoms with Gasteiger partial charge in [-0.05, 0) is 24.3 Å². The summed E-state index contributed by atoms with van der Waals surface area (Å²) in [5, 5.41) is 3.01. The molecule has 0 aliphatic rings. The van der Waals surface area contributed by atoms with Gasteiger partial charge in [-0.25, -0.2) is 9.97 Å². The van der Waals surface area contributed by atoms with Crippen molar-refractivity contribution in [2.45, 2.75) is 10.6 Å². The fourth-order valence-corrected chi connectivity index (χ4v) is 2.68. The highest BCUT2D eigenvalue weighted by atomic mass is 79.9. The van der Waals surface area contributed by atoms with Gasteiger partial charge in [-0.2, -0.15) is 0 Å². The van der Waals surface area contributed by atoms with Gasteiger partial charge in [0, 0.05) is 22.6 Å². The van der Waals surface area contributed by atoms with E-state index < -0.39 is 0 Å². The maximum atomic E-state index is 4.37. The van der Waals surface area contributed by atoms with Crippen molar-refractivity contribution in [2.24, 2.45) is 0 Å². The lowest BCUT2D eigenvalue weighted by atomic mass is 10.4. The third-order valence-corrected chi connectivity index (χ3v) is 3.61. The molecule has 1 N–H and O–H groups in total. The Morgan fingerprint density at radius 3 is 3.00 bits per heavy atom. The highest BCUT2D eigenvalue weighted by Gasteiger charge is 2.00. The molecule has 0 saturated heterocycles. The van der Waals surface area contributed by atoms with Crippen molar-refractivity contribution in [1.29, 1.82) is 0 Å². The Hall–Kier alpha value is -1.07. The zero-order valence-electron chi connectivity index (χ0n) is 9.35. The number of rotatable bonds is 4. The van der Waals surface area contributed by atoms with E-state index in [0.29, 0.717) is 0 Å². The minimum atomic E-state index is 0.770. The molecule has 0 spiro atoms. The van der Waals surface area contributed by atoms with Crippen LogP contribution in [0.5, 0.6) is 0 Å². The number of benzene rings is 1. The molecule has 2 aromatic rings. The molecule has 0 bridgehead atoms. The van der Waals surface area contributed by atoms with Crippen LogP contribution in [0.4, 0.5) is 5.82 Å². The molecule has 0 amide bonds. The molecule has 1 aromatic carbocycles. The smallest absolute Gasteiger partial charge is 0.140 e. The molecular formula is C12H12BrN3S. The van der Waals surface area contributed by atoms with Crippen molar-refractivity contribution in [1.82, 2.24) is 9.97 Å². The largest absolute Gasteiger partial charge is 0.373 e. The molecule has 0 radical (unpaired) electrons. The highest BCUT2D eigenvalue weighted by Crippen LogP contribution is 2.24. The number of thioether (sulfide) groups is 1. The van der Waals surface area contributed by atoms with E-state index in [1.807, 2.05) is 25.2 Å². The average Bonchev–Trinajstić information content (AvgIpc) is 2.37. The Balaban J connectivity index is 2.02. The first-order valence-corrected chi connectivity index (χ1v) is 6.94. The molecule has 0 aliphatic heterocycles.